The molecule has 18 heteroatoms. The maximum absolute atomic E-state index is 13.2. The van der Waals surface area contributed by atoms with E-state index < -0.39 is 96.7 Å². The van der Waals surface area contributed by atoms with E-state index in [1.807, 2.05) is 5.32 Å². The van der Waals surface area contributed by atoms with E-state index in [9.17, 15) is 59.1 Å². The maximum atomic E-state index is 13.2. The minimum atomic E-state index is -1.82. The number of carboxylic acid groups (broad SMARTS) is 2. The topological polar surface area (TPSA) is 321 Å². The minimum absolute atomic E-state index is 0.115. The molecular formula is C25H36N6O12. The lowest BCUT2D eigenvalue weighted by Crippen LogP contribution is -2.60. The number of nitrogens with one attached hydrogen (secondary N) is 4. The van der Waals surface area contributed by atoms with Gasteiger partial charge in [-0.3, -0.25) is 28.8 Å². The molecule has 43 heavy (non-hydrogen) atoms. The number of primary amides is 1. The number of aliphatic hydroxyl groups is 2. The molecule has 0 aromatic heterocycles. The van der Waals surface area contributed by atoms with E-state index in [4.69, 9.17) is 11.5 Å². The van der Waals surface area contributed by atoms with E-state index in [1.165, 1.54) is 31.2 Å². The second-order valence-electron chi connectivity index (χ2n) is 9.65. The van der Waals surface area contributed by atoms with Crippen LogP contribution in [0.3, 0.4) is 0 Å². The Morgan fingerprint density at radius 2 is 1.19 bits per heavy atom. The summed E-state index contributed by atoms with van der Waals surface area (Å²) in [5, 5.41) is 55.7. The van der Waals surface area contributed by atoms with Crippen LogP contribution in [0.5, 0.6) is 5.75 Å². The third kappa shape index (κ3) is 12.3. The molecule has 7 unspecified atom stereocenters. The van der Waals surface area contributed by atoms with Crippen molar-refractivity contribution < 1.29 is 59.1 Å². The number of hydrogen-bond acceptors (Lipinski definition) is 11. The number of phenolic OH excluding ortho intramolecular Hbond substituents is 1. The molecule has 0 fully saturated rings. The van der Waals surface area contributed by atoms with Crippen LogP contribution >= 0.6 is 0 Å². The van der Waals surface area contributed by atoms with Crippen molar-refractivity contribution in [2.45, 2.75) is 75.5 Å². The molecular weight excluding hydrogens is 576 g/mol. The molecule has 7 atom stereocenters. The average Bonchev–Trinajstić information content (AvgIpc) is 2.89. The first-order chi connectivity index (χ1) is 19.9. The van der Waals surface area contributed by atoms with Crippen LogP contribution in [0.15, 0.2) is 24.3 Å². The third-order valence-electron chi connectivity index (χ3n) is 5.93. The summed E-state index contributed by atoms with van der Waals surface area (Å²) in [5.41, 5.74) is 11.1. The second kappa shape index (κ2) is 16.6. The molecule has 0 heterocycles. The second-order valence-corrected chi connectivity index (χ2v) is 9.65. The van der Waals surface area contributed by atoms with Gasteiger partial charge in [0.1, 0.15) is 29.9 Å². The van der Waals surface area contributed by atoms with E-state index in [1.54, 1.807) is 0 Å². The molecule has 0 aliphatic carbocycles. The lowest BCUT2D eigenvalue weighted by molar-refractivity contribution is -0.145. The summed E-state index contributed by atoms with van der Waals surface area (Å²) in [6.45, 7) is 2.28. The molecule has 0 bridgehead atoms. The standard InChI is InChI=1S/C25H36N6O12/c1-10(32)19(27)24(41)30-16(9-18(36)37)22(39)29-15(8-17(26)35)21(38)28-14(7-12-3-5-13(34)6-4-12)23(40)31-20(11(2)33)25(42)43/h3-6,10-11,14-16,19-20,32-34H,7-9,27H2,1-2H3,(H2,26,35)(H,28,38)(H,29,39)(H,30,41)(H,31,40)(H,36,37)(H,42,43). The molecule has 18 nitrogen and oxygen atoms in total. The van der Waals surface area contributed by atoms with Gasteiger partial charge in [-0.15, -0.1) is 0 Å². The Labute approximate surface area is 244 Å². The highest BCUT2D eigenvalue weighted by Gasteiger charge is 2.34. The Morgan fingerprint density at radius 1 is 0.721 bits per heavy atom. The molecule has 0 aliphatic heterocycles. The first-order valence-electron chi connectivity index (χ1n) is 12.8. The Bertz CT molecular complexity index is 1190. The smallest absolute Gasteiger partial charge is 0.328 e. The lowest BCUT2D eigenvalue weighted by Gasteiger charge is -2.26. The van der Waals surface area contributed by atoms with Crippen molar-refractivity contribution in [2.75, 3.05) is 0 Å². The number of aliphatic carboxylic acids is 2. The van der Waals surface area contributed by atoms with Crippen molar-refractivity contribution >= 4 is 41.5 Å². The number of rotatable bonds is 17. The summed E-state index contributed by atoms with van der Waals surface area (Å²) in [4.78, 5) is 85.9. The van der Waals surface area contributed by atoms with Crippen molar-refractivity contribution in [2.24, 2.45) is 11.5 Å². The van der Waals surface area contributed by atoms with E-state index in [-0.39, 0.29) is 12.2 Å². The summed E-state index contributed by atoms with van der Waals surface area (Å²) in [5.74, 6) is -8.96. The number of hydrogen-bond donors (Lipinski definition) is 11. The molecule has 1 aromatic carbocycles. The zero-order chi connectivity index (χ0) is 33.0. The van der Waals surface area contributed by atoms with E-state index in [2.05, 4.69) is 16.0 Å². The van der Waals surface area contributed by atoms with Crippen LogP contribution in [0.1, 0.15) is 32.3 Å². The number of carbonyl (C=O) groups excluding carboxylic acids is 5. The zero-order valence-corrected chi connectivity index (χ0v) is 23.2. The Balaban J connectivity index is 3.29. The van der Waals surface area contributed by atoms with Gasteiger partial charge in [-0.1, -0.05) is 12.1 Å². The summed E-state index contributed by atoms with van der Waals surface area (Å²) in [6.07, 6.45) is -5.05. The van der Waals surface area contributed by atoms with Gasteiger partial charge in [-0.25, -0.2) is 4.79 Å². The fourth-order valence-electron chi connectivity index (χ4n) is 3.55. The van der Waals surface area contributed by atoms with Gasteiger partial charge in [0.25, 0.3) is 0 Å². The van der Waals surface area contributed by atoms with Crippen molar-refractivity contribution in [3.63, 3.8) is 0 Å². The normalized spacial score (nSPS) is 15.7. The molecule has 1 rings (SSSR count). The average molecular weight is 613 g/mol. The van der Waals surface area contributed by atoms with Gasteiger partial charge in [-0.2, -0.15) is 0 Å². The summed E-state index contributed by atoms with van der Waals surface area (Å²) in [7, 11) is 0. The van der Waals surface area contributed by atoms with Gasteiger partial charge < -0.3 is 58.3 Å². The molecule has 1 aromatic rings. The van der Waals surface area contributed by atoms with Crippen LogP contribution in [-0.4, -0.2) is 109 Å². The van der Waals surface area contributed by atoms with Crippen molar-refractivity contribution in [1.82, 2.24) is 21.3 Å². The summed E-state index contributed by atoms with van der Waals surface area (Å²) < 4.78 is 0. The van der Waals surface area contributed by atoms with Crippen LogP contribution in [0.4, 0.5) is 0 Å². The van der Waals surface area contributed by atoms with Crippen LogP contribution in [-0.2, 0) is 40.0 Å². The maximum Gasteiger partial charge on any atom is 0.328 e. The lowest BCUT2D eigenvalue weighted by atomic mass is 10.0. The highest BCUT2D eigenvalue weighted by Crippen LogP contribution is 2.12. The Morgan fingerprint density at radius 3 is 1.63 bits per heavy atom. The monoisotopic (exact) mass is 612 g/mol. The van der Waals surface area contributed by atoms with Crippen LogP contribution < -0.4 is 32.7 Å². The predicted molar refractivity (Wildman–Crippen MR) is 145 cm³/mol. The number of aliphatic hydroxyl groups excluding tert-OH is 2. The number of aromatic hydroxyl groups is 1. The predicted octanol–water partition coefficient (Wildman–Crippen LogP) is -4.60. The SMILES string of the molecule is CC(O)C(N)C(=O)NC(CC(=O)O)C(=O)NC(CC(N)=O)C(=O)NC(Cc1ccc(O)cc1)C(=O)NC(C(=O)O)C(C)O. The highest BCUT2D eigenvalue weighted by molar-refractivity contribution is 5.98. The van der Waals surface area contributed by atoms with Crippen molar-refractivity contribution in [3.8, 4) is 5.75 Å². The summed E-state index contributed by atoms with van der Waals surface area (Å²) >= 11 is 0. The van der Waals surface area contributed by atoms with Crippen LogP contribution in [0.25, 0.3) is 0 Å². The molecule has 13 N–H and O–H groups in total. The van der Waals surface area contributed by atoms with E-state index in [0.29, 0.717) is 5.56 Å². The van der Waals surface area contributed by atoms with Gasteiger partial charge in [0.2, 0.25) is 29.5 Å². The van der Waals surface area contributed by atoms with Gasteiger partial charge >= 0.3 is 11.9 Å². The van der Waals surface area contributed by atoms with Crippen LogP contribution in [0.2, 0.25) is 0 Å². The Hall–Kier alpha value is -4.81. The quantitative estimate of drug-likeness (QED) is 0.0790. The first kappa shape index (κ1) is 36.2. The molecule has 238 valence electrons. The van der Waals surface area contributed by atoms with Crippen molar-refractivity contribution in [3.05, 3.63) is 29.8 Å². The molecule has 0 spiro atoms. The van der Waals surface area contributed by atoms with E-state index in [0.717, 1.165) is 6.92 Å². The number of amides is 5. The first-order valence-corrected chi connectivity index (χ1v) is 12.8. The molecule has 0 aliphatic rings. The minimum Gasteiger partial charge on any atom is -0.508 e. The van der Waals surface area contributed by atoms with Gasteiger partial charge in [0.05, 0.1) is 25.0 Å². The van der Waals surface area contributed by atoms with Gasteiger partial charge in [0.15, 0.2) is 6.04 Å². The number of carboxylic acids is 2. The molecule has 0 saturated carbocycles. The Kier molecular flexibility index (Phi) is 14.0. The number of carbonyl (C=O) groups is 7. The number of nitrogens with two attached hydrogens (primary N) is 2. The largest absolute Gasteiger partial charge is 0.508 e. The zero-order valence-electron chi connectivity index (χ0n) is 23.2. The van der Waals surface area contributed by atoms with Gasteiger partial charge in [-0.05, 0) is 31.5 Å². The van der Waals surface area contributed by atoms with E-state index >= 15 is 0 Å². The van der Waals surface area contributed by atoms with Crippen LogP contribution in [0, 0.1) is 0 Å². The number of benzene rings is 1. The fourth-order valence-corrected chi connectivity index (χ4v) is 3.55. The fraction of sp³-hybridized carbons (Fsp3) is 0.480. The van der Waals surface area contributed by atoms with Gasteiger partial charge in [0, 0.05) is 6.42 Å². The highest BCUT2D eigenvalue weighted by atomic mass is 16.4. The van der Waals surface area contributed by atoms with Crippen molar-refractivity contribution in [1.29, 1.82) is 0 Å². The third-order valence-corrected chi connectivity index (χ3v) is 5.93. The number of phenols is 1. The molecule has 0 saturated heterocycles. The molecule has 0 radical (unpaired) electrons. The summed E-state index contributed by atoms with van der Waals surface area (Å²) in [6, 6.07) is -3.18. The molecule has 5 amide bonds.